The molecule has 1 aromatic rings. The van der Waals surface area contributed by atoms with Gasteiger partial charge in [-0.25, -0.2) is 8.78 Å². The normalized spacial score (nSPS) is 18.9. The number of benzene rings is 1. The fourth-order valence-electron chi connectivity index (χ4n) is 1.87. The molecule has 0 bridgehead atoms. The molecule has 1 unspecified atom stereocenters. The van der Waals surface area contributed by atoms with Gasteiger partial charge in [0.15, 0.2) is 5.82 Å². The Hall–Kier alpha value is -1.76. The lowest BCUT2D eigenvalue weighted by Gasteiger charge is -2.11. The summed E-state index contributed by atoms with van der Waals surface area (Å²) in [5, 5.41) is 13.4. The van der Waals surface area contributed by atoms with E-state index in [1.165, 1.54) is 0 Å². The van der Waals surface area contributed by atoms with Crippen LogP contribution in [-0.4, -0.2) is 24.7 Å². The highest BCUT2D eigenvalue weighted by molar-refractivity contribution is 5.62. The zero-order valence-electron chi connectivity index (χ0n) is 9.49. The highest BCUT2D eigenvalue weighted by atomic mass is 19.1. The molecule has 0 amide bonds. The van der Waals surface area contributed by atoms with Gasteiger partial charge in [-0.3, -0.25) is 10.1 Å². The third kappa shape index (κ3) is 2.73. The quantitative estimate of drug-likeness (QED) is 0.665. The molecule has 18 heavy (non-hydrogen) atoms. The van der Waals surface area contributed by atoms with E-state index < -0.39 is 22.2 Å². The Labute approximate surface area is 102 Å². The van der Waals surface area contributed by atoms with Gasteiger partial charge >= 0.3 is 0 Å². The highest BCUT2D eigenvalue weighted by Crippen LogP contribution is 2.29. The predicted octanol–water partition coefficient (Wildman–Crippen LogP) is 2.32. The number of anilines is 1. The van der Waals surface area contributed by atoms with Gasteiger partial charge in [0, 0.05) is 25.1 Å². The Morgan fingerprint density at radius 2 is 2.28 bits per heavy atom. The summed E-state index contributed by atoms with van der Waals surface area (Å²) >= 11 is 0. The van der Waals surface area contributed by atoms with Gasteiger partial charge in [-0.1, -0.05) is 0 Å². The molecule has 1 aromatic carbocycles. The number of halogens is 2. The Kier molecular flexibility index (Phi) is 3.71. The average Bonchev–Trinajstić information content (AvgIpc) is 2.79. The average molecular weight is 258 g/mol. The van der Waals surface area contributed by atoms with Crippen LogP contribution in [0.25, 0.3) is 0 Å². The number of nitrogens with one attached hydrogen (secondary N) is 1. The molecule has 1 atom stereocenters. The van der Waals surface area contributed by atoms with Crippen LogP contribution < -0.4 is 5.32 Å². The zero-order chi connectivity index (χ0) is 13.1. The monoisotopic (exact) mass is 258 g/mol. The summed E-state index contributed by atoms with van der Waals surface area (Å²) in [6.45, 7) is 1.55. The summed E-state index contributed by atoms with van der Waals surface area (Å²) in [5.41, 5.74) is -0.861. The summed E-state index contributed by atoms with van der Waals surface area (Å²) in [5.74, 6) is -1.73. The van der Waals surface area contributed by atoms with Crippen molar-refractivity contribution in [1.82, 2.24) is 0 Å². The molecular formula is C11H12F2N2O3. The Morgan fingerprint density at radius 1 is 1.50 bits per heavy atom. The van der Waals surface area contributed by atoms with Gasteiger partial charge in [0.05, 0.1) is 17.6 Å². The molecule has 2 rings (SSSR count). The van der Waals surface area contributed by atoms with Crippen molar-refractivity contribution in [2.24, 2.45) is 5.92 Å². The van der Waals surface area contributed by atoms with E-state index >= 15 is 0 Å². The lowest BCUT2D eigenvalue weighted by atomic mass is 10.1. The van der Waals surface area contributed by atoms with Crippen molar-refractivity contribution in [3.8, 4) is 0 Å². The minimum absolute atomic E-state index is 0.189. The van der Waals surface area contributed by atoms with Gasteiger partial charge in [0.2, 0.25) is 0 Å². The smallest absolute Gasteiger partial charge is 0.298 e. The van der Waals surface area contributed by atoms with Crippen LogP contribution >= 0.6 is 0 Å². The second kappa shape index (κ2) is 5.26. The fraction of sp³-hybridized carbons (Fsp3) is 0.455. The first-order chi connectivity index (χ1) is 8.58. The van der Waals surface area contributed by atoms with Crippen LogP contribution in [0.2, 0.25) is 0 Å². The largest absolute Gasteiger partial charge is 0.381 e. The number of nitrogens with zero attached hydrogens (tertiary/aromatic N) is 1. The minimum Gasteiger partial charge on any atom is -0.381 e. The molecule has 1 fully saturated rings. The molecule has 1 heterocycles. The number of hydrogen-bond acceptors (Lipinski definition) is 4. The molecule has 7 heteroatoms. The molecule has 0 radical (unpaired) electrons. The Morgan fingerprint density at radius 3 is 2.89 bits per heavy atom. The van der Waals surface area contributed by atoms with Gasteiger partial charge in [-0.05, 0) is 6.42 Å². The second-order valence-electron chi connectivity index (χ2n) is 4.15. The van der Waals surface area contributed by atoms with Crippen molar-refractivity contribution in [1.29, 1.82) is 0 Å². The van der Waals surface area contributed by atoms with E-state index in [2.05, 4.69) is 5.32 Å². The van der Waals surface area contributed by atoms with Crippen LogP contribution in [-0.2, 0) is 4.74 Å². The van der Waals surface area contributed by atoms with Crippen molar-refractivity contribution in [2.45, 2.75) is 6.42 Å². The molecule has 0 aromatic heterocycles. The van der Waals surface area contributed by atoms with Crippen molar-refractivity contribution >= 4 is 11.4 Å². The van der Waals surface area contributed by atoms with Crippen LogP contribution in [0.5, 0.6) is 0 Å². The molecule has 1 N–H and O–H groups in total. The van der Waals surface area contributed by atoms with Crippen LogP contribution in [0.15, 0.2) is 12.1 Å². The lowest BCUT2D eigenvalue weighted by Crippen LogP contribution is -2.16. The van der Waals surface area contributed by atoms with E-state index in [-0.39, 0.29) is 11.6 Å². The topological polar surface area (TPSA) is 64.4 Å². The second-order valence-corrected chi connectivity index (χ2v) is 4.15. The van der Waals surface area contributed by atoms with E-state index in [0.29, 0.717) is 31.9 Å². The molecule has 1 aliphatic heterocycles. The van der Waals surface area contributed by atoms with E-state index in [1.54, 1.807) is 0 Å². The van der Waals surface area contributed by atoms with Gasteiger partial charge in [-0.2, -0.15) is 0 Å². The maximum atomic E-state index is 13.5. The predicted molar refractivity (Wildman–Crippen MR) is 60.4 cm³/mol. The van der Waals surface area contributed by atoms with Gasteiger partial charge < -0.3 is 10.1 Å². The number of ether oxygens (including phenoxy) is 1. The highest BCUT2D eigenvalue weighted by Gasteiger charge is 2.22. The zero-order valence-corrected chi connectivity index (χ0v) is 9.49. The summed E-state index contributed by atoms with van der Waals surface area (Å²) in [7, 11) is 0. The number of hydrogen-bond donors (Lipinski definition) is 1. The number of rotatable bonds is 4. The molecular weight excluding hydrogens is 246 g/mol. The standard InChI is InChI=1S/C11H12F2N2O3/c12-8-3-9(13)11(10(4-8)15(16)17)14-5-7-1-2-18-6-7/h3-4,7,14H,1-2,5-6H2. The van der Waals surface area contributed by atoms with Crippen molar-refractivity contribution in [3.63, 3.8) is 0 Å². The molecule has 0 saturated carbocycles. The van der Waals surface area contributed by atoms with E-state index in [0.717, 1.165) is 6.42 Å². The van der Waals surface area contributed by atoms with E-state index in [1.807, 2.05) is 0 Å². The third-order valence-electron chi connectivity index (χ3n) is 2.82. The molecule has 0 aliphatic carbocycles. The van der Waals surface area contributed by atoms with Gasteiger partial charge in [0.25, 0.3) is 5.69 Å². The van der Waals surface area contributed by atoms with Gasteiger partial charge in [0.1, 0.15) is 11.5 Å². The molecule has 1 aliphatic rings. The first-order valence-corrected chi connectivity index (χ1v) is 5.53. The van der Waals surface area contributed by atoms with Crippen LogP contribution in [0.3, 0.4) is 0 Å². The SMILES string of the molecule is O=[N+]([O-])c1cc(F)cc(F)c1NCC1CCOC1. The summed E-state index contributed by atoms with van der Waals surface area (Å²) in [4.78, 5) is 9.92. The van der Waals surface area contributed by atoms with Crippen molar-refractivity contribution in [2.75, 3.05) is 25.1 Å². The third-order valence-corrected chi connectivity index (χ3v) is 2.82. The molecule has 0 spiro atoms. The summed E-state index contributed by atoms with van der Waals surface area (Å²) < 4.78 is 31.6. The van der Waals surface area contributed by atoms with E-state index in [9.17, 15) is 18.9 Å². The molecule has 5 nitrogen and oxygen atoms in total. The summed E-state index contributed by atoms with van der Waals surface area (Å²) in [6.07, 6.45) is 0.823. The maximum absolute atomic E-state index is 13.5. The number of nitro groups is 1. The Bertz CT molecular complexity index is 462. The maximum Gasteiger partial charge on any atom is 0.298 e. The fourth-order valence-corrected chi connectivity index (χ4v) is 1.87. The van der Waals surface area contributed by atoms with Crippen LogP contribution in [0.4, 0.5) is 20.2 Å². The van der Waals surface area contributed by atoms with Crippen molar-refractivity contribution in [3.05, 3.63) is 33.9 Å². The summed E-state index contributed by atoms with van der Waals surface area (Å²) in [6, 6.07) is 1.33. The first-order valence-electron chi connectivity index (χ1n) is 5.53. The van der Waals surface area contributed by atoms with Crippen LogP contribution in [0, 0.1) is 27.7 Å². The van der Waals surface area contributed by atoms with Gasteiger partial charge in [-0.15, -0.1) is 0 Å². The number of nitro benzene ring substituents is 1. The first kappa shape index (κ1) is 12.7. The van der Waals surface area contributed by atoms with Crippen molar-refractivity contribution < 1.29 is 18.4 Å². The minimum atomic E-state index is -0.964. The van der Waals surface area contributed by atoms with E-state index in [4.69, 9.17) is 4.74 Å². The van der Waals surface area contributed by atoms with Crippen LogP contribution in [0.1, 0.15) is 6.42 Å². The lowest BCUT2D eigenvalue weighted by molar-refractivity contribution is -0.384. The molecule has 1 saturated heterocycles. The Balaban J connectivity index is 2.17. The molecule has 98 valence electrons.